The average molecular weight is 380 g/mol. The molecular formula is C21H24N4O3. The van der Waals surface area contributed by atoms with Crippen molar-refractivity contribution in [2.45, 2.75) is 33.3 Å². The fourth-order valence-electron chi connectivity index (χ4n) is 3.04. The molecular weight excluding hydrogens is 356 g/mol. The summed E-state index contributed by atoms with van der Waals surface area (Å²) in [4.78, 5) is 11.6. The monoisotopic (exact) mass is 380 g/mol. The Balaban J connectivity index is 1.93. The summed E-state index contributed by atoms with van der Waals surface area (Å²) < 4.78 is 11.6. The number of carbonyl (C=O) groups excluding carboxylic acids is 1. The third-order valence-electron chi connectivity index (χ3n) is 4.51. The number of carbonyl (C=O) groups is 1. The molecule has 1 heterocycles. The summed E-state index contributed by atoms with van der Waals surface area (Å²) in [5.74, 6) is 1.24. The maximum Gasteiger partial charge on any atom is 0.271 e. The number of H-pyrrole nitrogens is 1. The van der Waals surface area contributed by atoms with E-state index in [-0.39, 0.29) is 5.69 Å². The Morgan fingerprint density at radius 2 is 1.93 bits per heavy atom. The number of ether oxygens (including phenoxy) is 2. The number of hydrogen-bond donors (Lipinski definition) is 2. The van der Waals surface area contributed by atoms with Crippen LogP contribution in [-0.4, -0.2) is 28.4 Å². The van der Waals surface area contributed by atoms with E-state index in [4.69, 9.17) is 15.2 Å². The lowest BCUT2D eigenvalue weighted by atomic mass is 10.0. The predicted molar refractivity (Wildman–Crippen MR) is 106 cm³/mol. The van der Waals surface area contributed by atoms with Gasteiger partial charge in [-0.25, -0.2) is 0 Å². The van der Waals surface area contributed by atoms with Crippen molar-refractivity contribution in [3.8, 4) is 22.8 Å². The van der Waals surface area contributed by atoms with Gasteiger partial charge in [0.2, 0.25) is 0 Å². The first kappa shape index (κ1) is 19.4. The van der Waals surface area contributed by atoms with Crippen molar-refractivity contribution in [3.05, 3.63) is 58.8 Å². The Morgan fingerprint density at radius 3 is 2.61 bits per heavy atom. The summed E-state index contributed by atoms with van der Waals surface area (Å²) in [5, 5.41) is 10.3. The molecule has 1 aromatic heterocycles. The first-order chi connectivity index (χ1) is 13.4. The fourth-order valence-corrected chi connectivity index (χ4v) is 3.04. The van der Waals surface area contributed by atoms with E-state index < -0.39 is 5.91 Å². The van der Waals surface area contributed by atoms with Crippen molar-refractivity contribution in [3.63, 3.8) is 0 Å². The van der Waals surface area contributed by atoms with E-state index in [9.17, 15) is 4.79 Å². The number of aromatic nitrogens is 3. The van der Waals surface area contributed by atoms with Crippen LogP contribution in [0.4, 0.5) is 0 Å². The van der Waals surface area contributed by atoms with E-state index in [2.05, 4.69) is 41.4 Å². The van der Waals surface area contributed by atoms with Crippen molar-refractivity contribution >= 4 is 5.91 Å². The number of nitrogens with two attached hydrogens (primary N) is 1. The lowest BCUT2D eigenvalue weighted by Crippen LogP contribution is -2.12. The van der Waals surface area contributed by atoms with Crippen LogP contribution in [0.15, 0.2) is 36.4 Å². The average Bonchev–Trinajstić information content (AvgIpc) is 3.16. The Hall–Kier alpha value is -3.35. The van der Waals surface area contributed by atoms with Crippen molar-refractivity contribution < 1.29 is 14.3 Å². The fraction of sp³-hybridized carbons (Fsp3) is 0.286. The minimum atomic E-state index is -0.640. The summed E-state index contributed by atoms with van der Waals surface area (Å²) >= 11 is 0. The topological polar surface area (TPSA) is 103 Å². The zero-order valence-corrected chi connectivity index (χ0v) is 16.4. The predicted octanol–water partition coefficient (Wildman–Crippen LogP) is 3.59. The van der Waals surface area contributed by atoms with E-state index in [0.29, 0.717) is 29.5 Å². The Morgan fingerprint density at radius 1 is 1.14 bits per heavy atom. The van der Waals surface area contributed by atoms with Crippen molar-refractivity contribution in [2.24, 2.45) is 5.73 Å². The number of nitrogens with zero attached hydrogens (tertiary/aromatic N) is 2. The number of primary amides is 1. The smallest absolute Gasteiger partial charge is 0.271 e. The number of hydrogen-bond acceptors (Lipinski definition) is 5. The number of amides is 1. The molecule has 0 fully saturated rings. The molecule has 0 unspecified atom stereocenters. The molecule has 3 rings (SSSR count). The minimum Gasteiger partial charge on any atom is -0.496 e. The summed E-state index contributed by atoms with van der Waals surface area (Å²) in [6.45, 7) is 6.61. The zero-order valence-electron chi connectivity index (χ0n) is 16.4. The summed E-state index contributed by atoms with van der Waals surface area (Å²) in [7, 11) is 1.61. The molecule has 7 nitrogen and oxygen atoms in total. The molecule has 28 heavy (non-hydrogen) atoms. The highest BCUT2D eigenvalue weighted by Crippen LogP contribution is 2.31. The first-order valence-electron chi connectivity index (χ1n) is 9.02. The molecule has 0 aliphatic rings. The molecule has 0 saturated carbocycles. The number of benzene rings is 2. The highest BCUT2D eigenvalue weighted by atomic mass is 16.5. The molecule has 3 N–H and O–H groups in total. The molecule has 146 valence electrons. The van der Waals surface area contributed by atoms with Crippen LogP contribution in [0, 0.1) is 6.92 Å². The van der Waals surface area contributed by atoms with Crippen LogP contribution in [0.25, 0.3) is 11.3 Å². The van der Waals surface area contributed by atoms with Gasteiger partial charge < -0.3 is 15.2 Å². The van der Waals surface area contributed by atoms with Crippen LogP contribution in [0.5, 0.6) is 11.5 Å². The minimum absolute atomic E-state index is 0.0952. The number of rotatable bonds is 7. The number of nitrogens with one attached hydrogen (secondary N) is 1. The molecule has 0 radical (unpaired) electrons. The summed E-state index contributed by atoms with van der Waals surface area (Å²) in [6, 6.07) is 11.7. The van der Waals surface area contributed by atoms with Crippen LogP contribution in [-0.2, 0) is 6.61 Å². The molecule has 2 aromatic carbocycles. The van der Waals surface area contributed by atoms with Gasteiger partial charge in [-0.2, -0.15) is 15.4 Å². The van der Waals surface area contributed by atoms with E-state index in [0.717, 1.165) is 22.4 Å². The van der Waals surface area contributed by atoms with Gasteiger partial charge in [0.25, 0.3) is 5.91 Å². The van der Waals surface area contributed by atoms with Crippen molar-refractivity contribution in [1.29, 1.82) is 0 Å². The lowest BCUT2D eigenvalue weighted by molar-refractivity contribution is 0.0996. The molecule has 0 bridgehead atoms. The van der Waals surface area contributed by atoms with Crippen LogP contribution < -0.4 is 15.2 Å². The summed E-state index contributed by atoms with van der Waals surface area (Å²) in [5.41, 5.74) is 9.68. The Bertz CT molecular complexity index is 995. The highest BCUT2D eigenvalue weighted by Gasteiger charge is 2.17. The second-order valence-corrected chi connectivity index (χ2v) is 6.90. The largest absolute Gasteiger partial charge is 0.496 e. The maximum absolute atomic E-state index is 11.6. The maximum atomic E-state index is 11.6. The second kappa shape index (κ2) is 8.12. The van der Waals surface area contributed by atoms with Crippen LogP contribution >= 0.6 is 0 Å². The van der Waals surface area contributed by atoms with Gasteiger partial charge in [0.15, 0.2) is 5.69 Å². The van der Waals surface area contributed by atoms with E-state index in [1.807, 2.05) is 25.1 Å². The van der Waals surface area contributed by atoms with Gasteiger partial charge in [0.05, 0.1) is 7.11 Å². The molecule has 0 saturated heterocycles. The van der Waals surface area contributed by atoms with Crippen LogP contribution in [0.3, 0.4) is 0 Å². The molecule has 3 aromatic rings. The third kappa shape index (κ3) is 3.98. The van der Waals surface area contributed by atoms with Crippen molar-refractivity contribution in [2.75, 3.05) is 7.11 Å². The van der Waals surface area contributed by atoms with E-state index in [1.54, 1.807) is 13.2 Å². The SMILES string of the molecule is COc1ccc(-c2n[nH]nc2C(N)=O)cc1COc1cc(C)ccc1C(C)C. The normalized spacial score (nSPS) is 10.9. The van der Waals surface area contributed by atoms with Gasteiger partial charge in [0, 0.05) is 11.1 Å². The number of aryl methyl sites for hydroxylation is 1. The second-order valence-electron chi connectivity index (χ2n) is 6.90. The quantitative estimate of drug-likeness (QED) is 0.652. The van der Waals surface area contributed by atoms with E-state index >= 15 is 0 Å². The van der Waals surface area contributed by atoms with Gasteiger partial charge in [-0.15, -0.1) is 0 Å². The third-order valence-corrected chi connectivity index (χ3v) is 4.51. The van der Waals surface area contributed by atoms with E-state index in [1.165, 1.54) is 0 Å². The zero-order chi connectivity index (χ0) is 20.3. The van der Waals surface area contributed by atoms with Gasteiger partial charge in [-0.3, -0.25) is 4.79 Å². The molecule has 0 atom stereocenters. The van der Waals surface area contributed by atoms with Crippen molar-refractivity contribution in [1.82, 2.24) is 15.4 Å². The number of methoxy groups -OCH3 is 1. The highest BCUT2D eigenvalue weighted by molar-refractivity contribution is 5.96. The number of aromatic amines is 1. The van der Waals surface area contributed by atoms with Gasteiger partial charge in [0.1, 0.15) is 23.8 Å². The molecule has 0 spiro atoms. The standard InChI is InChI=1S/C21H24N4O3/c1-12(2)16-7-5-13(3)9-18(16)28-11-15-10-14(6-8-17(15)27-4)19-20(21(22)26)24-25-23-19/h5-10,12H,11H2,1-4H3,(H2,22,26)(H,23,24,25). The summed E-state index contributed by atoms with van der Waals surface area (Å²) in [6.07, 6.45) is 0. The van der Waals surface area contributed by atoms with Gasteiger partial charge >= 0.3 is 0 Å². The first-order valence-corrected chi connectivity index (χ1v) is 9.02. The molecule has 1 amide bonds. The molecule has 7 heteroatoms. The Kier molecular flexibility index (Phi) is 5.63. The van der Waals surface area contributed by atoms with Crippen LogP contribution in [0.2, 0.25) is 0 Å². The molecule has 0 aliphatic heterocycles. The Labute approximate surface area is 163 Å². The lowest BCUT2D eigenvalue weighted by Gasteiger charge is -2.16. The molecule has 0 aliphatic carbocycles. The van der Waals surface area contributed by atoms with Gasteiger partial charge in [-0.05, 0) is 48.2 Å². The van der Waals surface area contributed by atoms with Gasteiger partial charge in [-0.1, -0.05) is 26.0 Å². The van der Waals surface area contributed by atoms with Crippen LogP contribution in [0.1, 0.15) is 46.9 Å².